The van der Waals surface area contributed by atoms with Gasteiger partial charge in [0.2, 0.25) is 0 Å². The standard InChI is InChI=1S/C14H17ClFNO/c15-11-7-2-1-3-9-13(11)17-14(18)10-6-4-5-8-12(10)16/h4-6,8,11,13H,1-3,7,9H2,(H,17,18). The van der Waals surface area contributed by atoms with Gasteiger partial charge >= 0.3 is 0 Å². The zero-order chi connectivity index (χ0) is 13.0. The molecule has 1 aliphatic carbocycles. The molecule has 2 rings (SSSR count). The summed E-state index contributed by atoms with van der Waals surface area (Å²) in [5.41, 5.74) is 0.0885. The summed E-state index contributed by atoms with van der Waals surface area (Å²) < 4.78 is 13.5. The Morgan fingerprint density at radius 2 is 1.94 bits per heavy atom. The third-order valence-electron chi connectivity index (χ3n) is 3.37. The van der Waals surface area contributed by atoms with Gasteiger partial charge in [0.25, 0.3) is 5.91 Å². The van der Waals surface area contributed by atoms with Crippen molar-refractivity contribution in [1.29, 1.82) is 0 Å². The van der Waals surface area contributed by atoms with Gasteiger partial charge in [0.05, 0.1) is 10.9 Å². The van der Waals surface area contributed by atoms with E-state index in [9.17, 15) is 9.18 Å². The predicted molar refractivity (Wildman–Crippen MR) is 70.4 cm³/mol. The lowest BCUT2D eigenvalue weighted by molar-refractivity contribution is 0.0930. The summed E-state index contributed by atoms with van der Waals surface area (Å²) in [4.78, 5) is 12.0. The molecule has 1 amide bonds. The second-order valence-corrected chi connectivity index (χ2v) is 5.27. The van der Waals surface area contributed by atoms with E-state index in [1.54, 1.807) is 12.1 Å². The monoisotopic (exact) mass is 269 g/mol. The average molecular weight is 270 g/mol. The number of benzene rings is 1. The molecule has 0 bridgehead atoms. The zero-order valence-electron chi connectivity index (χ0n) is 10.2. The third-order valence-corrected chi connectivity index (χ3v) is 3.89. The van der Waals surface area contributed by atoms with Gasteiger partial charge in [-0.15, -0.1) is 11.6 Å². The molecule has 1 aromatic carbocycles. The van der Waals surface area contributed by atoms with E-state index in [1.165, 1.54) is 12.1 Å². The predicted octanol–water partition coefficient (Wildman–Crippen LogP) is 3.50. The van der Waals surface area contributed by atoms with Crippen molar-refractivity contribution in [3.8, 4) is 0 Å². The number of carbonyl (C=O) groups excluding carboxylic acids is 1. The second kappa shape index (κ2) is 6.19. The van der Waals surface area contributed by atoms with Crippen molar-refractivity contribution in [2.24, 2.45) is 0 Å². The highest BCUT2D eigenvalue weighted by Gasteiger charge is 2.24. The van der Waals surface area contributed by atoms with Gasteiger partial charge in [-0.25, -0.2) is 4.39 Å². The van der Waals surface area contributed by atoms with Gasteiger partial charge in [0.15, 0.2) is 0 Å². The van der Waals surface area contributed by atoms with Crippen LogP contribution in [0.15, 0.2) is 24.3 Å². The molecule has 2 atom stereocenters. The van der Waals surface area contributed by atoms with Crippen molar-refractivity contribution in [1.82, 2.24) is 5.32 Å². The fourth-order valence-electron chi connectivity index (χ4n) is 2.32. The SMILES string of the molecule is O=C(NC1CCCCCC1Cl)c1ccccc1F. The normalized spacial score (nSPS) is 24.3. The molecular formula is C14H17ClFNO. The van der Waals surface area contributed by atoms with Gasteiger partial charge < -0.3 is 5.32 Å². The molecule has 0 aliphatic heterocycles. The number of hydrogen-bond donors (Lipinski definition) is 1. The van der Waals surface area contributed by atoms with Crippen molar-refractivity contribution in [3.63, 3.8) is 0 Å². The summed E-state index contributed by atoms with van der Waals surface area (Å²) in [6.07, 6.45) is 5.08. The van der Waals surface area contributed by atoms with Crippen molar-refractivity contribution in [3.05, 3.63) is 35.6 Å². The van der Waals surface area contributed by atoms with Crippen LogP contribution < -0.4 is 5.32 Å². The van der Waals surface area contributed by atoms with Gasteiger partial charge in [-0.3, -0.25) is 4.79 Å². The molecule has 0 aromatic heterocycles. The average Bonchev–Trinajstić information content (AvgIpc) is 2.55. The summed E-state index contributed by atoms with van der Waals surface area (Å²) in [6.45, 7) is 0. The number of amides is 1. The molecule has 1 N–H and O–H groups in total. The molecule has 1 aliphatic rings. The quantitative estimate of drug-likeness (QED) is 0.646. The highest BCUT2D eigenvalue weighted by molar-refractivity contribution is 6.21. The Hall–Kier alpha value is -1.09. The summed E-state index contributed by atoms with van der Waals surface area (Å²) in [6, 6.07) is 5.96. The van der Waals surface area contributed by atoms with E-state index in [-0.39, 0.29) is 22.9 Å². The maximum absolute atomic E-state index is 13.5. The molecule has 2 nitrogen and oxygen atoms in total. The van der Waals surface area contributed by atoms with E-state index < -0.39 is 5.82 Å². The van der Waals surface area contributed by atoms with Crippen molar-refractivity contribution >= 4 is 17.5 Å². The van der Waals surface area contributed by atoms with E-state index >= 15 is 0 Å². The fraction of sp³-hybridized carbons (Fsp3) is 0.500. The van der Waals surface area contributed by atoms with Gasteiger partial charge in [0, 0.05) is 6.04 Å². The molecule has 1 saturated carbocycles. The van der Waals surface area contributed by atoms with Gasteiger partial charge in [-0.2, -0.15) is 0 Å². The second-order valence-electron chi connectivity index (χ2n) is 4.71. The van der Waals surface area contributed by atoms with Crippen molar-refractivity contribution in [2.75, 3.05) is 0 Å². The fourth-order valence-corrected chi connectivity index (χ4v) is 2.66. The van der Waals surface area contributed by atoms with Crippen LogP contribution in [0.1, 0.15) is 42.5 Å². The molecule has 0 saturated heterocycles. The van der Waals surface area contributed by atoms with Crippen LogP contribution in [0.2, 0.25) is 0 Å². The molecule has 0 radical (unpaired) electrons. The van der Waals surface area contributed by atoms with E-state index in [1.807, 2.05) is 0 Å². The molecule has 0 spiro atoms. The Morgan fingerprint density at radius 3 is 2.72 bits per heavy atom. The minimum absolute atomic E-state index is 0.0526. The Bertz CT molecular complexity index is 424. The van der Waals surface area contributed by atoms with E-state index in [2.05, 4.69) is 5.32 Å². The minimum atomic E-state index is -0.491. The number of nitrogens with one attached hydrogen (secondary N) is 1. The molecule has 98 valence electrons. The summed E-state index contributed by atoms with van der Waals surface area (Å²) >= 11 is 6.25. The topological polar surface area (TPSA) is 29.1 Å². The van der Waals surface area contributed by atoms with Crippen LogP contribution in [0.3, 0.4) is 0 Å². The lowest BCUT2D eigenvalue weighted by atomic mass is 10.1. The van der Waals surface area contributed by atoms with Gasteiger partial charge in [-0.1, -0.05) is 31.4 Å². The van der Waals surface area contributed by atoms with Crippen molar-refractivity contribution in [2.45, 2.75) is 43.5 Å². The van der Waals surface area contributed by atoms with Crippen molar-refractivity contribution < 1.29 is 9.18 Å². The first kappa shape index (κ1) is 13.3. The lowest BCUT2D eigenvalue weighted by Gasteiger charge is -2.21. The molecule has 4 heteroatoms. The first-order valence-corrected chi connectivity index (χ1v) is 6.81. The maximum atomic E-state index is 13.5. The molecule has 2 unspecified atom stereocenters. The van der Waals surface area contributed by atoms with E-state index in [4.69, 9.17) is 11.6 Å². The van der Waals surface area contributed by atoms with E-state index in [0.717, 1.165) is 32.1 Å². The first-order valence-electron chi connectivity index (χ1n) is 6.38. The third kappa shape index (κ3) is 3.22. The van der Waals surface area contributed by atoms with Gasteiger partial charge in [0.1, 0.15) is 5.82 Å². The number of halogens is 2. The van der Waals surface area contributed by atoms with Crippen LogP contribution in [-0.4, -0.2) is 17.3 Å². The zero-order valence-corrected chi connectivity index (χ0v) is 10.9. The van der Waals surface area contributed by atoms with Crippen LogP contribution in [0.25, 0.3) is 0 Å². The molecule has 18 heavy (non-hydrogen) atoms. The maximum Gasteiger partial charge on any atom is 0.254 e. The van der Waals surface area contributed by atoms with Gasteiger partial charge in [-0.05, 0) is 25.0 Å². The first-order chi connectivity index (χ1) is 8.68. The van der Waals surface area contributed by atoms with Crippen LogP contribution in [-0.2, 0) is 0 Å². The minimum Gasteiger partial charge on any atom is -0.348 e. The number of carbonyl (C=O) groups is 1. The Balaban J connectivity index is 2.04. The molecule has 1 aromatic rings. The van der Waals surface area contributed by atoms with Crippen LogP contribution in [0.5, 0.6) is 0 Å². The number of rotatable bonds is 2. The number of alkyl halides is 1. The molecular weight excluding hydrogens is 253 g/mol. The largest absolute Gasteiger partial charge is 0.348 e. The Labute approximate surface area is 112 Å². The van der Waals surface area contributed by atoms with Crippen LogP contribution in [0, 0.1) is 5.82 Å². The highest BCUT2D eigenvalue weighted by atomic mass is 35.5. The van der Waals surface area contributed by atoms with E-state index in [0.29, 0.717) is 0 Å². The molecule has 0 heterocycles. The summed E-state index contributed by atoms with van der Waals surface area (Å²) in [5.74, 6) is -0.861. The van der Waals surface area contributed by atoms with Crippen LogP contribution in [0.4, 0.5) is 4.39 Å². The highest BCUT2D eigenvalue weighted by Crippen LogP contribution is 2.22. The molecule has 1 fully saturated rings. The summed E-state index contributed by atoms with van der Waals surface area (Å²) in [7, 11) is 0. The van der Waals surface area contributed by atoms with Crippen LogP contribution >= 0.6 is 11.6 Å². The smallest absolute Gasteiger partial charge is 0.254 e. The Kier molecular flexibility index (Phi) is 4.59. The Morgan fingerprint density at radius 1 is 1.22 bits per heavy atom. The summed E-state index contributed by atoms with van der Waals surface area (Å²) in [5, 5.41) is 2.80. The lowest BCUT2D eigenvalue weighted by Crippen LogP contribution is -2.40. The number of hydrogen-bond acceptors (Lipinski definition) is 1.